The summed E-state index contributed by atoms with van der Waals surface area (Å²) >= 11 is 0. The third-order valence-corrected chi connectivity index (χ3v) is 3.86. The van der Waals surface area contributed by atoms with Crippen LogP contribution in [-0.2, 0) is 18.4 Å². The molecule has 1 amide bonds. The van der Waals surface area contributed by atoms with Crippen molar-refractivity contribution in [2.24, 2.45) is 17.3 Å². The molecule has 2 aromatic rings. The van der Waals surface area contributed by atoms with E-state index in [1.54, 1.807) is 21.8 Å². The number of aryl methyl sites for hydroxylation is 1. The van der Waals surface area contributed by atoms with E-state index in [9.17, 15) is 4.79 Å². The number of carbonyl (C=O) groups excluding carboxylic acids is 1. The van der Waals surface area contributed by atoms with Gasteiger partial charge in [-0.15, -0.1) is 12.3 Å². The maximum Gasteiger partial charge on any atom is 0.224 e. The molecule has 0 bridgehead atoms. The molecule has 1 aliphatic heterocycles. The topological polar surface area (TPSA) is 89.5 Å². The molecule has 0 aliphatic carbocycles. The Balaban J connectivity index is 1.56. The van der Waals surface area contributed by atoms with Gasteiger partial charge < -0.3 is 5.32 Å². The first-order valence-corrected chi connectivity index (χ1v) is 7.77. The lowest BCUT2D eigenvalue weighted by atomic mass is 10.0. The predicted molar refractivity (Wildman–Crippen MR) is 88.1 cm³/mol. The van der Waals surface area contributed by atoms with Gasteiger partial charge in [0.2, 0.25) is 5.91 Å². The summed E-state index contributed by atoms with van der Waals surface area (Å²) in [7, 11) is 1.82. The molecule has 1 aliphatic rings. The summed E-state index contributed by atoms with van der Waals surface area (Å²) in [6.45, 7) is 0.500. The smallest absolute Gasteiger partial charge is 0.224 e. The molecule has 3 rings (SSSR count). The van der Waals surface area contributed by atoms with E-state index < -0.39 is 5.66 Å². The third kappa shape index (κ3) is 3.87. The molecule has 1 N–H and O–H groups in total. The van der Waals surface area contributed by atoms with E-state index >= 15 is 0 Å². The quantitative estimate of drug-likeness (QED) is 0.752. The van der Waals surface area contributed by atoms with E-state index in [1.165, 1.54) is 0 Å². The van der Waals surface area contributed by atoms with E-state index in [0.717, 1.165) is 5.69 Å². The van der Waals surface area contributed by atoms with Crippen LogP contribution in [0.5, 0.6) is 0 Å². The largest absolute Gasteiger partial charge is 0.323 e. The normalized spacial score (nSPS) is 14.3. The zero-order valence-corrected chi connectivity index (χ0v) is 13.5. The molecule has 0 atom stereocenters. The number of aromatic nitrogens is 4. The summed E-state index contributed by atoms with van der Waals surface area (Å²) < 4.78 is 3.43. The molecule has 8 heteroatoms. The number of hydrogen-bond donors (Lipinski definition) is 1. The summed E-state index contributed by atoms with van der Waals surface area (Å²) in [4.78, 5) is 12.2. The van der Waals surface area contributed by atoms with Crippen LogP contribution in [0.15, 0.2) is 34.9 Å². The second kappa shape index (κ2) is 6.66. The lowest BCUT2D eigenvalue weighted by Crippen LogP contribution is -2.18. The molecule has 0 saturated heterocycles. The van der Waals surface area contributed by atoms with Crippen molar-refractivity contribution in [3.05, 3.63) is 30.4 Å². The van der Waals surface area contributed by atoms with Gasteiger partial charge in [0.05, 0.1) is 12.2 Å². The fourth-order valence-electron chi connectivity index (χ4n) is 2.50. The minimum atomic E-state index is -0.434. The standard InChI is InChI=1S/C16H19N7O/c1-3-4-7-16(20-21-16)8-6-15(24)18-13-11-22(2)19-14(13)12-23-10-5-9-17-23/h1,5,9-11H,4,6-8,12H2,2H3,(H,18,24). The Kier molecular flexibility index (Phi) is 4.42. The molecule has 8 nitrogen and oxygen atoms in total. The highest BCUT2D eigenvalue weighted by atomic mass is 16.1. The Hall–Kier alpha value is -2.95. The molecule has 0 aromatic carbocycles. The van der Waals surface area contributed by atoms with Crippen molar-refractivity contribution in [2.75, 3.05) is 5.32 Å². The van der Waals surface area contributed by atoms with Crippen molar-refractivity contribution in [1.82, 2.24) is 19.6 Å². The van der Waals surface area contributed by atoms with Gasteiger partial charge in [-0.25, -0.2) is 0 Å². The molecular formula is C16H19N7O. The van der Waals surface area contributed by atoms with E-state index in [1.807, 2.05) is 19.3 Å². The first-order chi connectivity index (χ1) is 11.6. The summed E-state index contributed by atoms with van der Waals surface area (Å²) in [5.41, 5.74) is 1.02. The van der Waals surface area contributed by atoms with Gasteiger partial charge in [-0.05, 0) is 6.07 Å². The number of anilines is 1. The molecule has 124 valence electrons. The highest BCUT2D eigenvalue weighted by molar-refractivity contribution is 5.91. The maximum absolute atomic E-state index is 12.2. The van der Waals surface area contributed by atoms with Gasteiger partial charge >= 0.3 is 0 Å². The molecule has 0 fully saturated rings. The van der Waals surface area contributed by atoms with Crippen LogP contribution < -0.4 is 5.32 Å². The summed E-state index contributed by atoms with van der Waals surface area (Å²) in [6, 6.07) is 1.85. The number of terminal acetylenes is 1. The van der Waals surface area contributed by atoms with E-state index in [4.69, 9.17) is 6.42 Å². The number of carbonyl (C=O) groups is 1. The van der Waals surface area contributed by atoms with E-state index in [-0.39, 0.29) is 5.91 Å². The highest BCUT2D eigenvalue weighted by Crippen LogP contribution is 2.37. The highest BCUT2D eigenvalue weighted by Gasteiger charge is 2.39. The average Bonchev–Trinajstić information content (AvgIpc) is 2.97. The summed E-state index contributed by atoms with van der Waals surface area (Å²) in [6.07, 6.45) is 12.9. The Morgan fingerprint density at radius 3 is 2.92 bits per heavy atom. The zero-order chi connectivity index (χ0) is 17.0. The van der Waals surface area contributed by atoms with Gasteiger partial charge in [0.25, 0.3) is 0 Å². The molecule has 3 heterocycles. The Morgan fingerprint density at radius 1 is 1.42 bits per heavy atom. The monoisotopic (exact) mass is 325 g/mol. The van der Waals surface area contributed by atoms with Gasteiger partial charge in [-0.3, -0.25) is 14.2 Å². The fourth-order valence-corrected chi connectivity index (χ4v) is 2.50. The van der Waals surface area contributed by atoms with Crippen molar-refractivity contribution < 1.29 is 4.79 Å². The SMILES string of the molecule is C#CCCC1(CCC(=O)Nc2cn(C)nc2Cn2cccn2)N=N1. The van der Waals surface area contributed by atoms with Crippen molar-refractivity contribution >= 4 is 11.6 Å². The van der Waals surface area contributed by atoms with Gasteiger partial charge in [0, 0.05) is 51.3 Å². The van der Waals surface area contributed by atoms with Crippen LogP contribution in [0.25, 0.3) is 0 Å². The van der Waals surface area contributed by atoms with Gasteiger partial charge in [-0.2, -0.15) is 20.4 Å². The zero-order valence-electron chi connectivity index (χ0n) is 13.5. The van der Waals surface area contributed by atoms with Crippen molar-refractivity contribution in [1.29, 1.82) is 0 Å². The molecule has 0 unspecified atom stereocenters. The number of rotatable bonds is 8. The number of hydrogen-bond acceptors (Lipinski definition) is 5. The lowest BCUT2D eigenvalue weighted by Gasteiger charge is -2.09. The second-order valence-corrected chi connectivity index (χ2v) is 5.80. The molecule has 0 radical (unpaired) electrons. The molecule has 0 spiro atoms. The Labute approximate surface area is 140 Å². The molecule has 2 aromatic heterocycles. The fraction of sp³-hybridized carbons (Fsp3) is 0.438. The van der Waals surface area contributed by atoms with Crippen LogP contribution in [0.3, 0.4) is 0 Å². The number of nitrogens with one attached hydrogen (secondary N) is 1. The Morgan fingerprint density at radius 2 is 2.25 bits per heavy atom. The molecule has 24 heavy (non-hydrogen) atoms. The van der Waals surface area contributed by atoms with Crippen molar-refractivity contribution in [2.45, 2.75) is 37.9 Å². The van der Waals surface area contributed by atoms with E-state index in [2.05, 4.69) is 31.7 Å². The first-order valence-electron chi connectivity index (χ1n) is 7.77. The van der Waals surface area contributed by atoms with Crippen LogP contribution in [0.4, 0.5) is 5.69 Å². The number of nitrogens with zero attached hydrogens (tertiary/aromatic N) is 6. The summed E-state index contributed by atoms with van der Waals surface area (Å²) in [5, 5.41) is 19.5. The third-order valence-electron chi connectivity index (χ3n) is 3.86. The maximum atomic E-state index is 12.2. The Bertz CT molecular complexity index is 776. The van der Waals surface area contributed by atoms with Crippen LogP contribution in [0.2, 0.25) is 0 Å². The van der Waals surface area contributed by atoms with E-state index in [0.29, 0.717) is 37.9 Å². The predicted octanol–water partition coefficient (Wildman–Crippen LogP) is 1.96. The van der Waals surface area contributed by atoms with Gasteiger partial charge in [0.15, 0.2) is 5.66 Å². The first kappa shape index (κ1) is 15.9. The lowest BCUT2D eigenvalue weighted by molar-refractivity contribution is -0.116. The summed E-state index contributed by atoms with van der Waals surface area (Å²) in [5.74, 6) is 2.50. The second-order valence-electron chi connectivity index (χ2n) is 5.80. The molecule has 0 saturated carbocycles. The minimum absolute atomic E-state index is 0.0814. The van der Waals surface area contributed by atoms with Gasteiger partial charge in [-0.1, -0.05) is 0 Å². The number of amides is 1. The van der Waals surface area contributed by atoms with Crippen LogP contribution in [-0.4, -0.2) is 31.1 Å². The van der Waals surface area contributed by atoms with Crippen LogP contribution in [0.1, 0.15) is 31.4 Å². The van der Waals surface area contributed by atoms with Crippen LogP contribution in [0, 0.1) is 12.3 Å². The van der Waals surface area contributed by atoms with Crippen molar-refractivity contribution in [3.8, 4) is 12.3 Å². The van der Waals surface area contributed by atoms with Gasteiger partial charge in [0.1, 0.15) is 5.69 Å². The average molecular weight is 325 g/mol. The van der Waals surface area contributed by atoms with Crippen molar-refractivity contribution in [3.63, 3.8) is 0 Å². The minimum Gasteiger partial charge on any atom is -0.323 e. The van der Waals surface area contributed by atoms with Crippen LogP contribution >= 0.6 is 0 Å². The molecular weight excluding hydrogens is 306 g/mol.